The Morgan fingerprint density at radius 1 is 1.25 bits per heavy atom. The van der Waals surface area contributed by atoms with Crippen molar-refractivity contribution in [2.45, 2.75) is 53.4 Å². The van der Waals surface area contributed by atoms with Crippen molar-refractivity contribution in [2.75, 3.05) is 23.7 Å². The molecular formula is C16H28N4. The molecule has 1 aliphatic heterocycles. The molecule has 1 aliphatic rings. The van der Waals surface area contributed by atoms with Crippen LogP contribution in [0.3, 0.4) is 0 Å². The zero-order valence-electron chi connectivity index (χ0n) is 13.3. The molecule has 0 spiro atoms. The summed E-state index contributed by atoms with van der Waals surface area (Å²) in [5, 5.41) is 0. The lowest BCUT2D eigenvalue weighted by molar-refractivity contribution is 0.198. The molecule has 0 unspecified atom stereocenters. The van der Waals surface area contributed by atoms with Crippen LogP contribution >= 0.6 is 0 Å². The SMILES string of the molecule is CCCc1nc(N)cc(N2CCC(C(C)(C)C)CC2)n1. The number of rotatable bonds is 3. The van der Waals surface area contributed by atoms with Crippen LogP contribution in [0.2, 0.25) is 0 Å². The van der Waals surface area contributed by atoms with Gasteiger partial charge in [0.15, 0.2) is 0 Å². The third kappa shape index (κ3) is 3.62. The Balaban J connectivity index is 2.07. The maximum absolute atomic E-state index is 5.92. The van der Waals surface area contributed by atoms with Crippen LogP contribution in [0.4, 0.5) is 11.6 Å². The first kappa shape index (κ1) is 15.1. The molecule has 20 heavy (non-hydrogen) atoms. The summed E-state index contributed by atoms with van der Waals surface area (Å²) in [5.41, 5.74) is 6.32. The molecule has 1 fully saturated rings. The molecule has 0 aromatic carbocycles. The average Bonchev–Trinajstić information content (AvgIpc) is 2.37. The predicted octanol–water partition coefficient (Wildman–Crippen LogP) is 3.27. The van der Waals surface area contributed by atoms with Gasteiger partial charge in [-0.1, -0.05) is 27.7 Å². The molecule has 0 saturated carbocycles. The lowest BCUT2D eigenvalue weighted by atomic mass is 9.75. The summed E-state index contributed by atoms with van der Waals surface area (Å²) < 4.78 is 0. The highest BCUT2D eigenvalue weighted by atomic mass is 15.2. The van der Waals surface area contributed by atoms with Crippen LogP contribution in [0.25, 0.3) is 0 Å². The maximum atomic E-state index is 5.92. The molecule has 4 nitrogen and oxygen atoms in total. The number of nitrogens with two attached hydrogens (primary N) is 1. The van der Waals surface area contributed by atoms with Crippen molar-refractivity contribution in [3.8, 4) is 0 Å². The van der Waals surface area contributed by atoms with Crippen LogP contribution in [0, 0.1) is 11.3 Å². The third-order valence-corrected chi connectivity index (χ3v) is 4.30. The summed E-state index contributed by atoms with van der Waals surface area (Å²) in [6.45, 7) is 11.3. The summed E-state index contributed by atoms with van der Waals surface area (Å²) in [6.07, 6.45) is 4.42. The second-order valence-corrected chi connectivity index (χ2v) is 6.94. The second kappa shape index (κ2) is 5.98. The summed E-state index contributed by atoms with van der Waals surface area (Å²) in [5.74, 6) is 3.28. The summed E-state index contributed by atoms with van der Waals surface area (Å²) in [4.78, 5) is 11.3. The van der Waals surface area contributed by atoms with E-state index in [-0.39, 0.29) is 0 Å². The predicted molar refractivity (Wildman–Crippen MR) is 84.8 cm³/mol. The first-order valence-electron chi connectivity index (χ1n) is 7.78. The number of aromatic nitrogens is 2. The van der Waals surface area contributed by atoms with E-state index < -0.39 is 0 Å². The molecule has 2 rings (SSSR count). The van der Waals surface area contributed by atoms with E-state index in [1.165, 1.54) is 12.8 Å². The molecule has 1 aromatic rings. The van der Waals surface area contributed by atoms with Gasteiger partial charge in [-0.3, -0.25) is 0 Å². The number of nitrogen functional groups attached to an aromatic ring is 1. The Morgan fingerprint density at radius 3 is 2.45 bits per heavy atom. The minimum Gasteiger partial charge on any atom is -0.384 e. The molecule has 2 heterocycles. The molecule has 4 heteroatoms. The van der Waals surface area contributed by atoms with Crippen LogP contribution in [0.5, 0.6) is 0 Å². The van der Waals surface area contributed by atoms with Gasteiger partial charge in [-0.05, 0) is 30.6 Å². The topological polar surface area (TPSA) is 55.0 Å². The summed E-state index contributed by atoms with van der Waals surface area (Å²) >= 11 is 0. The number of hydrogen-bond donors (Lipinski definition) is 1. The molecule has 1 aromatic heterocycles. The van der Waals surface area contributed by atoms with E-state index in [9.17, 15) is 0 Å². The minimum atomic E-state index is 0.407. The van der Waals surface area contributed by atoms with E-state index in [4.69, 9.17) is 5.73 Å². The first-order chi connectivity index (χ1) is 9.40. The Labute approximate surface area is 122 Å². The molecule has 0 aliphatic carbocycles. The fourth-order valence-corrected chi connectivity index (χ4v) is 2.98. The van der Waals surface area contributed by atoms with Crippen LogP contribution in [0.15, 0.2) is 6.07 Å². The van der Waals surface area contributed by atoms with E-state index in [1.807, 2.05) is 6.07 Å². The van der Waals surface area contributed by atoms with Gasteiger partial charge in [0.25, 0.3) is 0 Å². The minimum absolute atomic E-state index is 0.407. The van der Waals surface area contributed by atoms with Gasteiger partial charge >= 0.3 is 0 Å². The molecular weight excluding hydrogens is 248 g/mol. The van der Waals surface area contributed by atoms with Crippen molar-refractivity contribution < 1.29 is 0 Å². The van der Waals surface area contributed by atoms with Gasteiger partial charge in [-0.25, -0.2) is 9.97 Å². The van der Waals surface area contributed by atoms with Gasteiger partial charge in [0, 0.05) is 25.6 Å². The number of anilines is 2. The van der Waals surface area contributed by atoms with Crippen LogP contribution in [-0.2, 0) is 6.42 Å². The lowest BCUT2D eigenvalue weighted by Crippen LogP contribution is -2.38. The number of nitrogens with zero attached hydrogens (tertiary/aromatic N) is 3. The number of piperidine rings is 1. The molecule has 0 amide bonds. The van der Waals surface area contributed by atoms with Crippen molar-refractivity contribution in [3.05, 3.63) is 11.9 Å². The highest BCUT2D eigenvalue weighted by Gasteiger charge is 2.29. The first-order valence-corrected chi connectivity index (χ1v) is 7.78. The smallest absolute Gasteiger partial charge is 0.134 e. The van der Waals surface area contributed by atoms with Gasteiger partial charge in [-0.15, -0.1) is 0 Å². The van der Waals surface area contributed by atoms with Gasteiger partial charge in [0.1, 0.15) is 17.5 Å². The molecule has 0 radical (unpaired) electrons. The summed E-state index contributed by atoms with van der Waals surface area (Å²) in [6, 6.07) is 1.91. The fraction of sp³-hybridized carbons (Fsp3) is 0.750. The highest BCUT2D eigenvalue weighted by Crippen LogP contribution is 2.35. The largest absolute Gasteiger partial charge is 0.384 e. The quantitative estimate of drug-likeness (QED) is 0.920. The number of aryl methyl sites for hydroxylation is 1. The Hall–Kier alpha value is -1.32. The normalized spacial score (nSPS) is 17.5. The molecule has 0 bridgehead atoms. The van der Waals surface area contributed by atoms with Gasteiger partial charge < -0.3 is 10.6 Å². The van der Waals surface area contributed by atoms with E-state index >= 15 is 0 Å². The Bertz CT molecular complexity index is 442. The zero-order chi connectivity index (χ0) is 14.8. The van der Waals surface area contributed by atoms with Gasteiger partial charge in [-0.2, -0.15) is 0 Å². The van der Waals surface area contributed by atoms with E-state index in [1.54, 1.807) is 0 Å². The third-order valence-electron chi connectivity index (χ3n) is 4.30. The van der Waals surface area contributed by atoms with Crippen molar-refractivity contribution in [3.63, 3.8) is 0 Å². The zero-order valence-corrected chi connectivity index (χ0v) is 13.3. The van der Waals surface area contributed by atoms with Crippen molar-refractivity contribution in [1.29, 1.82) is 0 Å². The Morgan fingerprint density at radius 2 is 1.90 bits per heavy atom. The van der Waals surface area contributed by atoms with Crippen molar-refractivity contribution in [2.24, 2.45) is 11.3 Å². The molecule has 112 valence electrons. The fourth-order valence-electron chi connectivity index (χ4n) is 2.98. The van der Waals surface area contributed by atoms with Crippen LogP contribution in [-0.4, -0.2) is 23.1 Å². The van der Waals surface area contributed by atoms with Crippen LogP contribution in [0.1, 0.15) is 52.8 Å². The highest BCUT2D eigenvalue weighted by molar-refractivity contribution is 5.47. The van der Waals surface area contributed by atoms with E-state index in [0.29, 0.717) is 11.2 Å². The number of hydrogen-bond acceptors (Lipinski definition) is 4. The van der Waals surface area contributed by atoms with Crippen molar-refractivity contribution >= 4 is 11.6 Å². The van der Waals surface area contributed by atoms with Gasteiger partial charge in [0.05, 0.1) is 0 Å². The van der Waals surface area contributed by atoms with Crippen LogP contribution < -0.4 is 10.6 Å². The monoisotopic (exact) mass is 276 g/mol. The molecule has 1 saturated heterocycles. The van der Waals surface area contributed by atoms with E-state index in [2.05, 4.69) is 42.6 Å². The Kier molecular flexibility index (Phi) is 4.51. The van der Waals surface area contributed by atoms with E-state index in [0.717, 1.165) is 43.5 Å². The standard InChI is InChI=1S/C16H28N4/c1-5-6-14-18-13(17)11-15(19-14)20-9-7-12(8-10-20)16(2,3)4/h11-12H,5-10H2,1-4H3,(H2,17,18,19). The average molecular weight is 276 g/mol. The molecule has 2 N–H and O–H groups in total. The second-order valence-electron chi connectivity index (χ2n) is 6.94. The summed E-state index contributed by atoms with van der Waals surface area (Å²) in [7, 11) is 0. The van der Waals surface area contributed by atoms with Crippen molar-refractivity contribution in [1.82, 2.24) is 9.97 Å². The lowest BCUT2D eigenvalue weighted by Gasteiger charge is -2.39. The molecule has 0 atom stereocenters. The maximum Gasteiger partial charge on any atom is 0.134 e. The van der Waals surface area contributed by atoms with Gasteiger partial charge in [0.2, 0.25) is 0 Å².